The van der Waals surface area contributed by atoms with Crippen LogP contribution in [0.2, 0.25) is 0 Å². The first-order valence-electron chi connectivity index (χ1n) is 8.21. The fourth-order valence-electron chi connectivity index (χ4n) is 2.38. The predicted molar refractivity (Wildman–Crippen MR) is 103 cm³/mol. The van der Waals surface area contributed by atoms with Crippen LogP contribution >= 0.6 is 12.4 Å². The van der Waals surface area contributed by atoms with Gasteiger partial charge in [-0.25, -0.2) is 8.78 Å². The Morgan fingerprint density at radius 2 is 1.63 bits per heavy atom. The van der Waals surface area contributed by atoms with Crippen LogP contribution in [0.4, 0.5) is 14.5 Å². The lowest BCUT2D eigenvalue weighted by atomic mass is 10.2. The second-order valence-electron chi connectivity index (χ2n) is 5.72. The highest BCUT2D eigenvalue weighted by molar-refractivity contribution is 5.94. The van der Waals surface area contributed by atoms with Gasteiger partial charge in [-0.15, -0.1) is 12.4 Å². The van der Waals surface area contributed by atoms with Crippen molar-refractivity contribution in [3.8, 4) is 0 Å². The summed E-state index contributed by atoms with van der Waals surface area (Å²) in [5.74, 6) is -1.87. The van der Waals surface area contributed by atoms with E-state index in [0.717, 1.165) is 0 Å². The number of benzene rings is 2. The number of nitrogens with zero attached hydrogens (tertiary/aromatic N) is 1. The third-order valence-electron chi connectivity index (χ3n) is 3.74. The quantitative estimate of drug-likeness (QED) is 0.720. The van der Waals surface area contributed by atoms with Gasteiger partial charge in [0.05, 0.1) is 5.69 Å². The number of carbonyl (C=O) groups is 2. The molecule has 0 spiro atoms. The van der Waals surface area contributed by atoms with Gasteiger partial charge in [-0.1, -0.05) is 30.3 Å². The highest BCUT2D eigenvalue weighted by Gasteiger charge is 2.19. The summed E-state index contributed by atoms with van der Waals surface area (Å²) in [7, 11) is 1.71. The lowest BCUT2D eigenvalue weighted by Crippen LogP contribution is -2.38. The minimum Gasteiger partial charge on any atom is -0.329 e. The molecule has 0 aliphatic heterocycles. The number of para-hydroxylation sites is 1. The molecular formula is C19H22ClF2N3O2. The molecule has 0 saturated heterocycles. The van der Waals surface area contributed by atoms with Gasteiger partial charge in [0, 0.05) is 25.1 Å². The van der Waals surface area contributed by atoms with Crippen molar-refractivity contribution in [2.45, 2.75) is 13.0 Å². The highest BCUT2D eigenvalue weighted by atomic mass is 35.5. The molecule has 2 amide bonds. The molecule has 0 radical (unpaired) electrons. The van der Waals surface area contributed by atoms with Gasteiger partial charge in [0.1, 0.15) is 18.2 Å². The van der Waals surface area contributed by atoms with Crippen LogP contribution in [0.3, 0.4) is 0 Å². The van der Waals surface area contributed by atoms with Crippen LogP contribution in [0.25, 0.3) is 0 Å². The van der Waals surface area contributed by atoms with Crippen molar-refractivity contribution < 1.29 is 18.4 Å². The summed E-state index contributed by atoms with van der Waals surface area (Å²) in [4.78, 5) is 25.9. The number of halogens is 3. The summed E-state index contributed by atoms with van der Waals surface area (Å²) < 4.78 is 27.6. The Kier molecular flexibility index (Phi) is 9.39. The Morgan fingerprint density at radius 1 is 1.00 bits per heavy atom. The zero-order valence-electron chi connectivity index (χ0n) is 14.9. The molecule has 146 valence electrons. The molecular weight excluding hydrogens is 376 g/mol. The fourth-order valence-corrected chi connectivity index (χ4v) is 2.38. The van der Waals surface area contributed by atoms with E-state index in [1.807, 2.05) is 0 Å². The van der Waals surface area contributed by atoms with E-state index >= 15 is 0 Å². The Hall–Kier alpha value is -2.51. The molecule has 0 aliphatic rings. The van der Waals surface area contributed by atoms with Gasteiger partial charge in [-0.3, -0.25) is 9.59 Å². The first-order valence-corrected chi connectivity index (χ1v) is 8.21. The summed E-state index contributed by atoms with van der Waals surface area (Å²) in [6.07, 6.45) is 0.165. The average Bonchev–Trinajstić information content (AvgIpc) is 2.62. The molecule has 0 aliphatic carbocycles. The monoisotopic (exact) mass is 397 g/mol. The summed E-state index contributed by atoms with van der Waals surface area (Å²) in [5.41, 5.74) is 0.343. The number of anilines is 1. The molecule has 0 fully saturated rings. The zero-order chi connectivity index (χ0) is 18.9. The third-order valence-corrected chi connectivity index (χ3v) is 3.74. The topological polar surface area (TPSA) is 61.4 Å². The molecule has 0 unspecified atom stereocenters. The van der Waals surface area contributed by atoms with E-state index in [9.17, 15) is 18.4 Å². The molecule has 0 bridgehead atoms. The van der Waals surface area contributed by atoms with E-state index in [2.05, 4.69) is 10.6 Å². The maximum absolute atomic E-state index is 13.9. The summed E-state index contributed by atoms with van der Waals surface area (Å²) >= 11 is 0. The van der Waals surface area contributed by atoms with Crippen LogP contribution in [-0.2, 0) is 16.1 Å². The molecule has 0 saturated carbocycles. The molecule has 0 heterocycles. The number of hydrogen-bond acceptors (Lipinski definition) is 3. The summed E-state index contributed by atoms with van der Waals surface area (Å²) in [6.45, 7) is 0.0899. The molecule has 0 aromatic heterocycles. The number of carbonyl (C=O) groups excluding carboxylic acids is 2. The number of hydrogen-bond donors (Lipinski definition) is 2. The van der Waals surface area contributed by atoms with Gasteiger partial charge in [0.2, 0.25) is 11.8 Å². The first-order chi connectivity index (χ1) is 12.5. The molecule has 2 aromatic rings. The maximum Gasteiger partial charge on any atom is 0.244 e. The van der Waals surface area contributed by atoms with E-state index in [4.69, 9.17) is 0 Å². The predicted octanol–water partition coefficient (Wildman–Crippen LogP) is 2.96. The molecule has 2 N–H and O–H groups in total. The maximum atomic E-state index is 13.9. The van der Waals surface area contributed by atoms with E-state index in [0.29, 0.717) is 12.1 Å². The van der Waals surface area contributed by atoms with Crippen molar-refractivity contribution in [1.29, 1.82) is 0 Å². The molecule has 5 nitrogen and oxygen atoms in total. The average molecular weight is 398 g/mol. The summed E-state index contributed by atoms with van der Waals surface area (Å²) in [6, 6.07) is 11.8. The van der Waals surface area contributed by atoms with Crippen molar-refractivity contribution in [1.82, 2.24) is 10.2 Å². The molecule has 2 aromatic carbocycles. The van der Waals surface area contributed by atoms with E-state index in [1.54, 1.807) is 31.3 Å². The van der Waals surface area contributed by atoms with Gasteiger partial charge in [-0.05, 0) is 25.2 Å². The van der Waals surface area contributed by atoms with Gasteiger partial charge in [0.25, 0.3) is 0 Å². The molecule has 8 heteroatoms. The molecule has 2 rings (SSSR count). The van der Waals surface area contributed by atoms with Crippen LogP contribution in [0.15, 0.2) is 48.5 Å². The SMILES string of the molecule is CNCCC(=O)N(CC(=O)Nc1ccccc1F)Cc1ccccc1F.Cl. The van der Waals surface area contributed by atoms with Gasteiger partial charge < -0.3 is 15.5 Å². The first kappa shape index (κ1) is 22.5. The van der Waals surface area contributed by atoms with Crippen molar-refractivity contribution in [2.24, 2.45) is 0 Å². The Morgan fingerprint density at radius 3 is 2.26 bits per heavy atom. The number of nitrogens with one attached hydrogen (secondary N) is 2. The normalized spacial score (nSPS) is 10.0. The zero-order valence-corrected chi connectivity index (χ0v) is 15.7. The van der Waals surface area contributed by atoms with Crippen molar-refractivity contribution >= 4 is 29.9 Å². The van der Waals surface area contributed by atoms with E-state index in [-0.39, 0.29) is 43.5 Å². The van der Waals surface area contributed by atoms with Gasteiger partial charge >= 0.3 is 0 Å². The Bertz CT molecular complexity index is 774. The van der Waals surface area contributed by atoms with E-state index in [1.165, 1.54) is 29.2 Å². The minimum atomic E-state index is -0.567. The molecule has 27 heavy (non-hydrogen) atoms. The van der Waals surface area contributed by atoms with E-state index < -0.39 is 17.5 Å². The third kappa shape index (κ3) is 6.96. The lowest BCUT2D eigenvalue weighted by molar-refractivity contribution is -0.135. The number of rotatable bonds is 8. The minimum absolute atomic E-state index is 0. The smallest absolute Gasteiger partial charge is 0.244 e. The Balaban J connectivity index is 0.00000364. The van der Waals surface area contributed by atoms with Crippen LogP contribution in [0.5, 0.6) is 0 Å². The van der Waals surface area contributed by atoms with Crippen LogP contribution in [-0.4, -0.2) is 36.9 Å². The van der Waals surface area contributed by atoms with Crippen molar-refractivity contribution in [3.63, 3.8) is 0 Å². The molecule has 0 atom stereocenters. The second kappa shape index (κ2) is 11.3. The Labute approximate surface area is 163 Å². The lowest BCUT2D eigenvalue weighted by Gasteiger charge is -2.23. The van der Waals surface area contributed by atoms with Crippen molar-refractivity contribution in [2.75, 3.05) is 25.5 Å². The second-order valence-corrected chi connectivity index (χ2v) is 5.72. The van der Waals surface area contributed by atoms with Crippen LogP contribution < -0.4 is 10.6 Å². The highest BCUT2D eigenvalue weighted by Crippen LogP contribution is 2.14. The fraction of sp³-hybridized carbons (Fsp3) is 0.263. The van der Waals surface area contributed by atoms with Crippen LogP contribution in [0, 0.1) is 11.6 Å². The van der Waals surface area contributed by atoms with Gasteiger partial charge in [-0.2, -0.15) is 0 Å². The standard InChI is InChI=1S/C19H21F2N3O2.ClH/c1-22-11-10-19(26)24(12-14-6-2-3-7-15(14)20)13-18(25)23-17-9-5-4-8-16(17)21;/h2-9,22H,10-13H2,1H3,(H,23,25);1H. The number of amides is 2. The summed E-state index contributed by atoms with van der Waals surface area (Å²) in [5, 5.41) is 5.29. The largest absolute Gasteiger partial charge is 0.329 e. The van der Waals surface area contributed by atoms with Gasteiger partial charge in [0.15, 0.2) is 0 Å². The van der Waals surface area contributed by atoms with Crippen molar-refractivity contribution in [3.05, 3.63) is 65.7 Å². The van der Waals surface area contributed by atoms with Crippen LogP contribution in [0.1, 0.15) is 12.0 Å².